The van der Waals surface area contributed by atoms with Crippen LogP contribution in [0, 0.1) is 17.1 Å². The summed E-state index contributed by atoms with van der Waals surface area (Å²) in [6, 6.07) is 16.4. The quantitative estimate of drug-likeness (QED) is 0.517. The minimum absolute atomic E-state index is 0.114. The standard InChI is InChI=1S/C23H24FN5S/c1-17(28-13-5-2-6-14-28)22-26-27-23(29(22)21-11-9-20(24)10-12-21)30-16-19-8-4-3-7-18(19)15-25/h3-4,7-12,17H,2,5-6,13-14,16H2,1H3. The van der Waals surface area contributed by atoms with Crippen LogP contribution in [-0.2, 0) is 5.75 Å². The molecule has 0 amide bonds. The lowest BCUT2D eigenvalue weighted by Gasteiger charge is -2.31. The molecule has 0 radical (unpaired) electrons. The van der Waals surface area contributed by atoms with Gasteiger partial charge in [-0.05, 0) is 68.8 Å². The van der Waals surface area contributed by atoms with Crippen LogP contribution in [0.1, 0.15) is 49.2 Å². The van der Waals surface area contributed by atoms with Gasteiger partial charge in [-0.3, -0.25) is 9.47 Å². The van der Waals surface area contributed by atoms with Crippen molar-refractivity contribution < 1.29 is 4.39 Å². The molecule has 0 saturated carbocycles. The van der Waals surface area contributed by atoms with Gasteiger partial charge in [-0.1, -0.05) is 36.4 Å². The summed E-state index contributed by atoms with van der Waals surface area (Å²) < 4.78 is 15.6. The molecule has 1 aliphatic heterocycles. The van der Waals surface area contributed by atoms with Gasteiger partial charge in [0.05, 0.1) is 17.7 Å². The van der Waals surface area contributed by atoms with Crippen LogP contribution in [0.2, 0.25) is 0 Å². The number of nitriles is 1. The fraction of sp³-hybridized carbons (Fsp3) is 0.348. The van der Waals surface area contributed by atoms with E-state index in [0.29, 0.717) is 11.3 Å². The van der Waals surface area contributed by atoms with E-state index >= 15 is 0 Å². The van der Waals surface area contributed by atoms with E-state index in [4.69, 9.17) is 0 Å². The molecule has 154 valence electrons. The van der Waals surface area contributed by atoms with E-state index in [1.165, 1.54) is 43.2 Å². The van der Waals surface area contributed by atoms with E-state index in [2.05, 4.69) is 28.1 Å². The number of hydrogen-bond donors (Lipinski definition) is 0. The Morgan fingerprint density at radius 1 is 1.07 bits per heavy atom. The highest BCUT2D eigenvalue weighted by Crippen LogP contribution is 2.31. The second kappa shape index (κ2) is 9.41. The molecule has 2 heterocycles. The topological polar surface area (TPSA) is 57.7 Å². The lowest BCUT2D eigenvalue weighted by molar-refractivity contribution is 0.167. The third-order valence-corrected chi connectivity index (χ3v) is 6.53. The van der Waals surface area contributed by atoms with Crippen LogP contribution < -0.4 is 0 Å². The van der Waals surface area contributed by atoms with Crippen molar-refractivity contribution in [3.05, 3.63) is 71.3 Å². The fourth-order valence-electron chi connectivity index (χ4n) is 3.84. The van der Waals surface area contributed by atoms with Gasteiger partial charge in [0, 0.05) is 11.4 Å². The molecule has 30 heavy (non-hydrogen) atoms. The minimum atomic E-state index is -0.269. The SMILES string of the molecule is CC(c1nnc(SCc2ccccc2C#N)n1-c1ccc(F)cc1)N1CCCCC1. The number of aromatic nitrogens is 3. The van der Waals surface area contributed by atoms with Crippen molar-refractivity contribution >= 4 is 11.8 Å². The minimum Gasteiger partial charge on any atom is -0.294 e. The second-order valence-corrected chi connectivity index (χ2v) is 8.43. The summed E-state index contributed by atoms with van der Waals surface area (Å²) in [5, 5.41) is 19.1. The zero-order valence-electron chi connectivity index (χ0n) is 17.0. The number of hydrogen-bond acceptors (Lipinski definition) is 5. The molecule has 2 aromatic carbocycles. The van der Waals surface area contributed by atoms with Gasteiger partial charge >= 0.3 is 0 Å². The Kier molecular flexibility index (Phi) is 6.46. The summed E-state index contributed by atoms with van der Waals surface area (Å²) in [5.41, 5.74) is 2.47. The van der Waals surface area contributed by atoms with Gasteiger partial charge in [0.15, 0.2) is 11.0 Å². The first-order valence-electron chi connectivity index (χ1n) is 10.2. The third-order valence-electron chi connectivity index (χ3n) is 5.55. The highest BCUT2D eigenvalue weighted by atomic mass is 32.2. The van der Waals surface area contributed by atoms with Crippen molar-refractivity contribution in [1.29, 1.82) is 5.26 Å². The Bertz CT molecular complexity index is 1030. The first-order chi connectivity index (χ1) is 14.7. The molecule has 3 aromatic rings. The number of likely N-dealkylation sites (tertiary alicyclic amines) is 1. The average Bonchev–Trinajstić information content (AvgIpc) is 3.22. The van der Waals surface area contributed by atoms with Crippen LogP contribution in [0.15, 0.2) is 53.7 Å². The number of halogens is 1. The maximum Gasteiger partial charge on any atom is 0.196 e. The second-order valence-electron chi connectivity index (χ2n) is 7.48. The zero-order chi connectivity index (χ0) is 20.9. The molecule has 1 aliphatic rings. The Labute approximate surface area is 180 Å². The maximum atomic E-state index is 13.5. The Hall–Kier alpha value is -2.69. The number of benzene rings is 2. The molecule has 1 aromatic heterocycles. The molecule has 1 fully saturated rings. The molecule has 1 atom stereocenters. The molecule has 0 aliphatic carbocycles. The van der Waals surface area contributed by atoms with Crippen LogP contribution in [0.3, 0.4) is 0 Å². The van der Waals surface area contributed by atoms with Gasteiger partial charge in [0.2, 0.25) is 0 Å². The zero-order valence-corrected chi connectivity index (χ0v) is 17.8. The molecule has 7 heteroatoms. The van der Waals surface area contributed by atoms with Crippen molar-refractivity contribution in [3.63, 3.8) is 0 Å². The van der Waals surface area contributed by atoms with Crippen LogP contribution >= 0.6 is 11.8 Å². The van der Waals surface area contributed by atoms with Gasteiger partial charge in [0.1, 0.15) is 5.82 Å². The summed E-state index contributed by atoms with van der Waals surface area (Å²) in [4.78, 5) is 2.44. The molecular formula is C23H24FN5S. The summed E-state index contributed by atoms with van der Waals surface area (Å²) in [5.74, 6) is 1.20. The smallest absolute Gasteiger partial charge is 0.196 e. The monoisotopic (exact) mass is 421 g/mol. The van der Waals surface area contributed by atoms with Gasteiger partial charge in [0.25, 0.3) is 0 Å². The number of nitrogens with zero attached hydrogens (tertiary/aromatic N) is 5. The predicted molar refractivity (Wildman–Crippen MR) is 116 cm³/mol. The third kappa shape index (κ3) is 4.40. The van der Waals surface area contributed by atoms with Gasteiger partial charge in [-0.2, -0.15) is 5.26 Å². The van der Waals surface area contributed by atoms with Crippen molar-refractivity contribution in [2.24, 2.45) is 0 Å². The first-order valence-corrected chi connectivity index (χ1v) is 11.2. The number of piperidine rings is 1. The van der Waals surface area contributed by atoms with Crippen molar-refractivity contribution in [1.82, 2.24) is 19.7 Å². The average molecular weight is 422 g/mol. The lowest BCUT2D eigenvalue weighted by atomic mass is 10.1. The van der Waals surface area contributed by atoms with E-state index in [0.717, 1.165) is 35.3 Å². The first kappa shape index (κ1) is 20.6. The van der Waals surface area contributed by atoms with Gasteiger partial charge in [-0.25, -0.2) is 4.39 Å². The molecule has 0 spiro atoms. The van der Waals surface area contributed by atoms with Gasteiger partial charge < -0.3 is 0 Å². The molecule has 0 bridgehead atoms. The largest absolute Gasteiger partial charge is 0.294 e. The van der Waals surface area contributed by atoms with E-state index in [1.54, 1.807) is 12.1 Å². The Morgan fingerprint density at radius 2 is 1.80 bits per heavy atom. The van der Waals surface area contributed by atoms with E-state index in [-0.39, 0.29) is 11.9 Å². The van der Waals surface area contributed by atoms with Crippen molar-refractivity contribution in [3.8, 4) is 11.8 Å². The highest BCUT2D eigenvalue weighted by molar-refractivity contribution is 7.98. The van der Waals surface area contributed by atoms with Crippen LogP contribution in [-0.4, -0.2) is 32.8 Å². The lowest BCUT2D eigenvalue weighted by Crippen LogP contribution is -2.33. The summed E-state index contributed by atoms with van der Waals surface area (Å²) in [7, 11) is 0. The van der Waals surface area contributed by atoms with Crippen molar-refractivity contribution in [2.75, 3.05) is 13.1 Å². The summed E-state index contributed by atoms with van der Waals surface area (Å²) in [6.45, 7) is 4.26. The Balaban J connectivity index is 1.67. The predicted octanol–water partition coefficient (Wildman–Crippen LogP) is 5.12. The molecule has 1 unspecified atom stereocenters. The van der Waals surface area contributed by atoms with E-state index in [1.807, 2.05) is 28.8 Å². The maximum absolute atomic E-state index is 13.5. The molecule has 5 nitrogen and oxygen atoms in total. The summed E-state index contributed by atoms with van der Waals surface area (Å²) in [6.07, 6.45) is 3.66. The van der Waals surface area contributed by atoms with E-state index in [9.17, 15) is 9.65 Å². The fourth-order valence-corrected chi connectivity index (χ4v) is 4.81. The van der Waals surface area contributed by atoms with Crippen LogP contribution in [0.4, 0.5) is 4.39 Å². The molecular weight excluding hydrogens is 397 g/mol. The van der Waals surface area contributed by atoms with Crippen LogP contribution in [0.5, 0.6) is 0 Å². The van der Waals surface area contributed by atoms with Gasteiger partial charge in [-0.15, -0.1) is 10.2 Å². The van der Waals surface area contributed by atoms with Crippen molar-refractivity contribution in [2.45, 2.75) is 43.1 Å². The highest BCUT2D eigenvalue weighted by Gasteiger charge is 2.25. The molecule has 4 rings (SSSR count). The number of rotatable bonds is 6. The summed E-state index contributed by atoms with van der Waals surface area (Å²) >= 11 is 1.54. The molecule has 1 saturated heterocycles. The Morgan fingerprint density at radius 3 is 2.53 bits per heavy atom. The number of thioether (sulfide) groups is 1. The normalized spacial score (nSPS) is 15.6. The van der Waals surface area contributed by atoms with E-state index < -0.39 is 0 Å². The molecule has 0 N–H and O–H groups in total. The van der Waals surface area contributed by atoms with Crippen LogP contribution in [0.25, 0.3) is 5.69 Å².